The summed E-state index contributed by atoms with van der Waals surface area (Å²) in [6.07, 6.45) is 6.98. The van der Waals surface area contributed by atoms with Crippen molar-refractivity contribution in [2.45, 2.75) is 57.5 Å². The summed E-state index contributed by atoms with van der Waals surface area (Å²) in [6.45, 7) is 2.53. The molecule has 1 aromatic heterocycles. The molecule has 0 saturated carbocycles. The first-order valence-electron chi connectivity index (χ1n) is 8.40. The maximum atomic E-state index is 11.6. The lowest BCUT2D eigenvalue weighted by atomic mass is 10.2. The third kappa shape index (κ3) is 3.69. The number of carbonyl (C=O) groups excluding carboxylic acids is 2. The summed E-state index contributed by atoms with van der Waals surface area (Å²) < 4.78 is 2.28. The second-order valence-electron chi connectivity index (χ2n) is 6.29. The number of carbonyl (C=O) groups is 2. The lowest BCUT2D eigenvalue weighted by Crippen LogP contribution is -2.37. The third-order valence-electron chi connectivity index (χ3n) is 4.69. The van der Waals surface area contributed by atoms with Crippen LogP contribution in [-0.4, -0.2) is 44.7 Å². The van der Waals surface area contributed by atoms with Crippen LogP contribution in [0, 0.1) is 0 Å². The van der Waals surface area contributed by atoms with E-state index in [4.69, 9.17) is 5.73 Å². The van der Waals surface area contributed by atoms with E-state index in [1.165, 1.54) is 19.3 Å². The fourth-order valence-corrected chi connectivity index (χ4v) is 3.59. The van der Waals surface area contributed by atoms with Crippen LogP contribution in [0.1, 0.15) is 56.2 Å². The minimum absolute atomic E-state index is 0.218. The highest BCUT2D eigenvalue weighted by atomic mass is 16.2. The van der Waals surface area contributed by atoms with Gasteiger partial charge in [0.05, 0.1) is 6.04 Å². The van der Waals surface area contributed by atoms with Crippen LogP contribution in [0.4, 0.5) is 4.79 Å². The Balaban J connectivity index is 1.66. The number of nitrogens with two attached hydrogens (primary N) is 1. The van der Waals surface area contributed by atoms with E-state index < -0.39 is 6.03 Å². The first-order chi connectivity index (χ1) is 11.1. The Hall–Kier alpha value is -1.96. The number of nitrogens with zero attached hydrogens (tertiary/aromatic N) is 4. The zero-order valence-corrected chi connectivity index (χ0v) is 13.3. The Labute approximate surface area is 135 Å². The van der Waals surface area contributed by atoms with Gasteiger partial charge in [0.1, 0.15) is 11.6 Å². The minimum atomic E-state index is -0.796. The molecule has 0 unspecified atom stereocenters. The molecule has 3 heterocycles. The summed E-state index contributed by atoms with van der Waals surface area (Å²) in [7, 11) is 0. The number of hydrogen-bond donors (Lipinski definition) is 2. The molecule has 0 aliphatic carbocycles. The Morgan fingerprint density at radius 1 is 1.17 bits per heavy atom. The van der Waals surface area contributed by atoms with Crippen LogP contribution in [0.3, 0.4) is 0 Å². The van der Waals surface area contributed by atoms with Crippen LogP contribution in [0.25, 0.3) is 0 Å². The van der Waals surface area contributed by atoms with Crippen LogP contribution >= 0.6 is 0 Å². The number of rotatable bonds is 4. The molecule has 3 amide bonds. The Morgan fingerprint density at radius 3 is 2.87 bits per heavy atom. The predicted molar refractivity (Wildman–Crippen MR) is 83.5 cm³/mol. The summed E-state index contributed by atoms with van der Waals surface area (Å²) >= 11 is 0. The van der Waals surface area contributed by atoms with Gasteiger partial charge >= 0.3 is 6.03 Å². The third-order valence-corrected chi connectivity index (χ3v) is 4.69. The van der Waals surface area contributed by atoms with Crippen molar-refractivity contribution in [1.82, 2.24) is 25.0 Å². The van der Waals surface area contributed by atoms with Crippen molar-refractivity contribution in [2.75, 3.05) is 13.1 Å². The molecular weight excluding hydrogens is 296 g/mol. The standard InChI is InChI=1S/C15H24N6O2/c16-15(23)17-13(22)7-10-20-8-4-5-11(20)14-19-18-12-6-2-1-3-9-21(12)14/h11H,1-10H2,(H3,16,17,22,23)/t11-/m0/s1. The Morgan fingerprint density at radius 2 is 2.04 bits per heavy atom. The average molecular weight is 320 g/mol. The largest absolute Gasteiger partial charge is 0.351 e. The van der Waals surface area contributed by atoms with E-state index in [0.717, 1.165) is 44.0 Å². The van der Waals surface area contributed by atoms with E-state index in [0.29, 0.717) is 6.54 Å². The maximum absolute atomic E-state index is 11.6. The SMILES string of the molecule is NC(=O)NC(=O)CCN1CCC[C@H]1c1nnc2n1CCCCC2. The van der Waals surface area contributed by atoms with E-state index in [1.807, 2.05) is 0 Å². The number of imide groups is 1. The summed E-state index contributed by atoms with van der Waals surface area (Å²) in [5.41, 5.74) is 4.97. The number of urea groups is 1. The molecular formula is C15H24N6O2. The molecule has 3 N–H and O–H groups in total. The first-order valence-corrected chi connectivity index (χ1v) is 8.40. The number of likely N-dealkylation sites (tertiary alicyclic amines) is 1. The number of aromatic nitrogens is 3. The zero-order valence-electron chi connectivity index (χ0n) is 13.3. The van der Waals surface area contributed by atoms with Gasteiger partial charge in [-0.1, -0.05) is 6.42 Å². The summed E-state index contributed by atoms with van der Waals surface area (Å²) in [6, 6.07) is -0.577. The number of primary amides is 1. The van der Waals surface area contributed by atoms with E-state index in [2.05, 4.69) is 25.0 Å². The van der Waals surface area contributed by atoms with Crippen molar-refractivity contribution in [1.29, 1.82) is 0 Å². The highest BCUT2D eigenvalue weighted by molar-refractivity contribution is 5.93. The van der Waals surface area contributed by atoms with Gasteiger partial charge in [0.2, 0.25) is 5.91 Å². The lowest BCUT2D eigenvalue weighted by molar-refractivity contribution is -0.120. The zero-order chi connectivity index (χ0) is 16.2. The number of nitrogens with one attached hydrogen (secondary N) is 1. The second kappa shape index (κ2) is 7.08. The molecule has 8 heteroatoms. The quantitative estimate of drug-likeness (QED) is 0.850. The Kier molecular flexibility index (Phi) is 4.90. The lowest BCUT2D eigenvalue weighted by Gasteiger charge is -2.24. The molecule has 0 bridgehead atoms. The maximum Gasteiger partial charge on any atom is 0.318 e. The Bertz CT molecular complexity index is 585. The highest BCUT2D eigenvalue weighted by Gasteiger charge is 2.31. The van der Waals surface area contributed by atoms with Crippen LogP contribution in [0.2, 0.25) is 0 Å². The number of fused-ring (bicyclic) bond motifs is 1. The van der Waals surface area contributed by atoms with Crippen LogP contribution < -0.4 is 11.1 Å². The minimum Gasteiger partial charge on any atom is -0.351 e. The van der Waals surface area contributed by atoms with Gasteiger partial charge in [-0.3, -0.25) is 15.0 Å². The van der Waals surface area contributed by atoms with Crippen LogP contribution in [-0.2, 0) is 17.8 Å². The molecule has 2 aliphatic rings. The van der Waals surface area contributed by atoms with Gasteiger partial charge in [-0.25, -0.2) is 4.79 Å². The number of hydrogen-bond acceptors (Lipinski definition) is 5. The molecule has 1 fully saturated rings. The van der Waals surface area contributed by atoms with Crippen molar-refractivity contribution in [3.63, 3.8) is 0 Å². The van der Waals surface area contributed by atoms with Gasteiger partial charge in [-0.05, 0) is 32.2 Å². The number of aryl methyl sites for hydroxylation is 1. The fourth-order valence-electron chi connectivity index (χ4n) is 3.59. The van der Waals surface area contributed by atoms with E-state index in [1.54, 1.807) is 0 Å². The average Bonchev–Trinajstić information content (AvgIpc) is 3.05. The molecule has 8 nitrogen and oxygen atoms in total. The molecule has 126 valence electrons. The molecule has 1 aromatic rings. The topological polar surface area (TPSA) is 106 Å². The molecule has 2 aliphatic heterocycles. The highest BCUT2D eigenvalue weighted by Crippen LogP contribution is 2.32. The molecule has 0 aromatic carbocycles. The van der Waals surface area contributed by atoms with Gasteiger partial charge in [-0.15, -0.1) is 10.2 Å². The summed E-state index contributed by atoms with van der Waals surface area (Å²) in [4.78, 5) is 24.6. The number of amides is 3. The summed E-state index contributed by atoms with van der Waals surface area (Å²) in [5, 5.41) is 10.9. The monoisotopic (exact) mass is 320 g/mol. The fraction of sp³-hybridized carbons (Fsp3) is 0.733. The molecule has 23 heavy (non-hydrogen) atoms. The van der Waals surface area contributed by atoms with Gasteiger partial charge in [-0.2, -0.15) is 0 Å². The molecule has 0 radical (unpaired) electrons. The van der Waals surface area contributed by atoms with Crippen molar-refractivity contribution in [3.8, 4) is 0 Å². The molecule has 3 rings (SSSR count). The van der Waals surface area contributed by atoms with Gasteiger partial charge in [0.25, 0.3) is 0 Å². The van der Waals surface area contributed by atoms with E-state index >= 15 is 0 Å². The molecule has 1 saturated heterocycles. The smallest absolute Gasteiger partial charge is 0.318 e. The van der Waals surface area contributed by atoms with Gasteiger partial charge in [0.15, 0.2) is 0 Å². The molecule has 0 spiro atoms. The van der Waals surface area contributed by atoms with Crippen molar-refractivity contribution in [3.05, 3.63) is 11.6 Å². The van der Waals surface area contributed by atoms with E-state index in [9.17, 15) is 9.59 Å². The van der Waals surface area contributed by atoms with Crippen molar-refractivity contribution < 1.29 is 9.59 Å². The van der Waals surface area contributed by atoms with Gasteiger partial charge in [0, 0.05) is 25.9 Å². The van der Waals surface area contributed by atoms with Gasteiger partial charge < -0.3 is 10.3 Å². The predicted octanol–water partition coefficient (Wildman–Crippen LogP) is 0.726. The van der Waals surface area contributed by atoms with Crippen LogP contribution in [0.5, 0.6) is 0 Å². The van der Waals surface area contributed by atoms with E-state index in [-0.39, 0.29) is 18.4 Å². The van der Waals surface area contributed by atoms with Crippen LogP contribution in [0.15, 0.2) is 0 Å². The van der Waals surface area contributed by atoms with Crippen molar-refractivity contribution >= 4 is 11.9 Å². The second-order valence-corrected chi connectivity index (χ2v) is 6.29. The molecule has 1 atom stereocenters. The first kappa shape index (κ1) is 15.9. The normalized spacial score (nSPS) is 21.7. The van der Waals surface area contributed by atoms with Crippen molar-refractivity contribution in [2.24, 2.45) is 5.73 Å². The summed E-state index contributed by atoms with van der Waals surface area (Å²) in [5.74, 6) is 1.80.